The molecule has 4 rings (SSSR count). The molecular formula is C24H25NO4. The molecule has 1 fully saturated rings. The Morgan fingerprint density at radius 2 is 2.10 bits per heavy atom. The van der Waals surface area contributed by atoms with Crippen LogP contribution in [0.15, 0.2) is 36.7 Å². The lowest BCUT2D eigenvalue weighted by Crippen LogP contribution is -2.20. The van der Waals surface area contributed by atoms with Gasteiger partial charge in [0.25, 0.3) is 0 Å². The average molecular weight is 391 g/mol. The number of carboxylic acid groups (broad SMARTS) is 1. The van der Waals surface area contributed by atoms with Crippen LogP contribution in [0.5, 0.6) is 5.75 Å². The van der Waals surface area contributed by atoms with Gasteiger partial charge in [-0.25, -0.2) is 4.79 Å². The Balaban J connectivity index is 1.49. The third-order valence-corrected chi connectivity index (χ3v) is 5.94. The van der Waals surface area contributed by atoms with Gasteiger partial charge in [-0.1, -0.05) is 17.9 Å². The molecule has 2 N–H and O–H groups in total. The highest BCUT2D eigenvalue weighted by Crippen LogP contribution is 2.37. The second-order valence-electron chi connectivity index (χ2n) is 7.95. The van der Waals surface area contributed by atoms with Crippen molar-refractivity contribution in [3.05, 3.63) is 58.9 Å². The summed E-state index contributed by atoms with van der Waals surface area (Å²) in [6, 6.07) is 7.56. The third-order valence-electron chi connectivity index (χ3n) is 5.94. The Labute approximate surface area is 170 Å². The fourth-order valence-corrected chi connectivity index (χ4v) is 4.28. The molecule has 5 heteroatoms. The number of fused-ring (bicyclic) bond motifs is 1. The highest BCUT2D eigenvalue weighted by atomic mass is 16.5. The predicted molar refractivity (Wildman–Crippen MR) is 109 cm³/mol. The van der Waals surface area contributed by atoms with Crippen LogP contribution in [0.25, 0.3) is 0 Å². The number of benzene rings is 1. The Bertz CT molecular complexity index is 966. The largest absolute Gasteiger partial charge is 0.493 e. The summed E-state index contributed by atoms with van der Waals surface area (Å²) in [5.41, 5.74) is 2.24. The fraction of sp³-hybridized carbons (Fsp3) is 0.417. The van der Waals surface area contributed by atoms with Gasteiger partial charge >= 0.3 is 5.97 Å². The summed E-state index contributed by atoms with van der Waals surface area (Å²) in [4.78, 5) is 15.5. The van der Waals surface area contributed by atoms with E-state index in [0.717, 1.165) is 61.0 Å². The highest BCUT2D eigenvalue weighted by Gasteiger charge is 2.28. The summed E-state index contributed by atoms with van der Waals surface area (Å²) < 4.78 is 5.87. The smallest absolute Gasteiger partial charge is 0.336 e. The van der Waals surface area contributed by atoms with Crippen LogP contribution in [0.4, 0.5) is 0 Å². The summed E-state index contributed by atoms with van der Waals surface area (Å²) in [6.45, 7) is 0.636. The molecule has 1 aliphatic heterocycles. The van der Waals surface area contributed by atoms with Crippen LogP contribution in [0.1, 0.15) is 71.5 Å². The lowest BCUT2D eigenvalue weighted by atomic mass is 9.87. The monoisotopic (exact) mass is 391 g/mol. The van der Waals surface area contributed by atoms with Crippen molar-refractivity contribution >= 4 is 5.97 Å². The van der Waals surface area contributed by atoms with Gasteiger partial charge in [0.2, 0.25) is 0 Å². The van der Waals surface area contributed by atoms with Gasteiger partial charge in [-0.15, -0.1) is 0 Å². The molecule has 1 aliphatic carbocycles. The number of ether oxygens (including phenoxy) is 1. The maximum Gasteiger partial charge on any atom is 0.336 e. The van der Waals surface area contributed by atoms with Gasteiger partial charge in [-0.05, 0) is 80.2 Å². The number of rotatable bonds is 4. The molecule has 150 valence electrons. The van der Waals surface area contributed by atoms with Crippen molar-refractivity contribution in [2.75, 3.05) is 6.61 Å². The molecule has 5 nitrogen and oxygen atoms in total. The first-order chi connectivity index (χ1) is 14.0. The number of hydrogen-bond donors (Lipinski definition) is 2. The standard InChI is InChI=1S/C24H25NO4/c26-23(27)21-8-13-25-16-19(21)5-4-18-9-14-29-22-15-17(3-6-20(18)22)7-12-24(28)10-1-2-11-24/h3,6,8,13,15-16,18,28H,1-2,4-5,9-11,14H2,(H,26,27)/t18-/m0/s1. The minimum absolute atomic E-state index is 0.307. The molecule has 0 unspecified atom stereocenters. The number of aryl methyl sites for hydroxylation is 1. The van der Waals surface area contributed by atoms with Crippen LogP contribution in [0, 0.1) is 11.8 Å². The van der Waals surface area contributed by atoms with E-state index in [1.165, 1.54) is 6.20 Å². The normalized spacial score (nSPS) is 19.6. The van der Waals surface area contributed by atoms with Crippen LogP contribution in [-0.2, 0) is 6.42 Å². The molecule has 1 aromatic carbocycles. The predicted octanol–water partition coefficient (Wildman–Crippen LogP) is 3.94. The van der Waals surface area contributed by atoms with Crippen molar-refractivity contribution in [3.8, 4) is 17.6 Å². The molecule has 2 aliphatic rings. The lowest BCUT2D eigenvalue weighted by molar-refractivity contribution is 0.0695. The Morgan fingerprint density at radius 1 is 1.28 bits per heavy atom. The maximum atomic E-state index is 11.4. The van der Waals surface area contributed by atoms with Gasteiger partial charge in [0, 0.05) is 18.0 Å². The topological polar surface area (TPSA) is 79.7 Å². The molecule has 29 heavy (non-hydrogen) atoms. The van der Waals surface area contributed by atoms with Crippen molar-refractivity contribution in [1.82, 2.24) is 4.98 Å². The zero-order valence-corrected chi connectivity index (χ0v) is 16.4. The molecule has 0 saturated heterocycles. The molecule has 1 atom stereocenters. The summed E-state index contributed by atoms with van der Waals surface area (Å²) in [7, 11) is 0. The molecular weight excluding hydrogens is 366 g/mol. The van der Waals surface area contributed by atoms with Gasteiger partial charge in [-0.2, -0.15) is 0 Å². The summed E-state index contributed by atoms with van der Waals surface area (Å²) in [5, 5.41) is 19.8. The van der Waals surface area contributed by atoms with Crippen molar-refractivity contribution in [2.24, 2.45) is 0 Å². The van der Waals surface area contributed by atoms with E-state index in [4.69, 9.17) is 4.74 Å². The Morgan fingerprint density at radius 3 is 2.90 bits per heavy atom. The number of aromatic carboxylic acids is 1. The minimum atomic E-state index is -0.915. The SMILES string of the molecule is O=C(O)c1ccncc1CC[C@H]1CCOc2cc(C#CC3(O)CCCC3)ccc21. The Hall–Kier alpha value is -2.84. The van der Waals surface area contributed by atoms with Crippen molar-refractivity contribution in [3.63, 3.8) is 0 Å². The van der Waals surface area contributed by atoms with E-state index < -0.39 is 11.6 Å². The van der Waals surface area contributed by atoms with Crippen LogP contribution in [-0.4, -0.2) is 33.4 Å². The van der Waals surface area contributed by atoms with E-state index in [2.05, 4.69) is 22.9 Å². The number of pyridine rings is 1. The highest BCUT2D eigenvalue weighted by molar-refractivity contribution is 5.89. The van der Waals surface area contributed by atoms with Crippen LogP contribution >= 0.6 is 0 Å². The van der Waals surface area contributed by atoms with E-state index in [0.29, 0.717) is 24.5 Å². The third kappa shape index (κ3) is 4.44. The van der Waals surface area contributed by atoms with Gasteiger partial charge in [-0.3, -0.25) is 4.98 Å². The first-order valence-electron chi connectivity index (χ1n) is 10.2. The van der Waals surface area contributed by atoms with Gasteiger partial charge in [0.15, 0.2) is 0 Å². The molecule has 0 spiro atoms. The summed E-state index contributed by atoms with van der Waals surface area (Å²) >= 11 is 0. The molecule has 0 amide bonds. The molecule has 0 bridgehead atoms. The number of carbonyl (C=O) groups is 1. The molecule has 1 aromatic heterocycles. The van der Waals surface area contributed by atoms with Gasteiger partial charge < -0.3 is 14.9 Å². The lowest BCUT2D eigenvalue weighted by Gasteiger charge is -2.26. The quantitative estimate of drug-likeness (QED) is 0.772. The van der Waals surface area contributed by atoms with Crippen LogP contribution in [0.3, 0.4) is 0 Å². The van der Waals surface area contributed by atoms with E-state index in [1.54, 1.807) is 12.3 Å². The Kier molecular flexibility index (Phi) is 5.55. The molecule has 2 heterocycles. The second kappa shape index (κ2) is 8.26. The van der Waals surface area contributed by atoms with E-state index in [1.807, 2.05) is 12.1 Å². The van der Waals surface area contributed by atoms with Crippen molar-refractivity contribution in [1.29, 1.82) is 0 Å². The van der Waals surface area contributed by atoms with Crippen LogP contribution < -0.4 is 4.74 Å². The number of hydrogen-bond acceptors (Lipinski definition) is 4. The average Bonchev–Trinajstić information content (AvgIpc) is 3.17. The van der Waals surface area contributed by atoms with E-state index >= 15 is 0 Å². The van der Waals surface area contributed by atoms with Crippen molar-refractivity contribution < 1.29 is 19.7 Å². The summed E-state index contributed by atoms with van der Waals surface area (Å²) in [6.07, 6.45) is 9.12. The minimum Gasteiger partial charge on any atom is -0.493 e. The summed E-state index contributed by atoms with van der Waals surface area (Å²) in [5.74, 6) is 6.40. The zero-order chi connectivity index (χ0) is 20.3. The van der Waals surface area contributed by atoms with E-state index in [-0.39, 0.29) is 0 Å². The number of aliphatic hydroxyl groups is 1. The maximum absolute atomic E-state index is 11.4. The fourth-order valence-electron chi connectivity index (χ4n) is 4.28. The number of carboxylic acids is 1. The second-order valence-corrected chi connectivity index (χ2v) is 7.95. The first-order valence-corrected chi connectivity index (χ1v) is 10.2. The number of aromatic nitrogens is 1. The van der Waals surface area contributed by atoms with E-state index in [9.17, 15) is 15.0 Å². The molecule has 0 radical (unpaired) electrons. The van der Waals surface area contributed by atoms with Crippen molar-refractivity contribution in [2.45, 2.75) is 56.5 Å². The molecule has 1 saturated carbocycles. The molecule has 2 aromatic rings. The number of nitrogens with zero attached hydrogens (tertiary/aromatic N) is 1. The first kappa shape index (κ1) is 19.5. The zero-order valence-electron chi connectivity index (χ0n) is 16.4. The van der Waals surface area contributed by atoms with Crippen LogP contribution in [0.2, 0.25) is 0 Å². The van der Waals surface area contributed by atoms with Gasteiger partial charge in [0.1, 0.15) is 11.4 Å². The van der Waals surface area contributed by atoms with Gasteiger partial charge in [0.05, 0.1) is 12.2 Å².